The van der Waals surface area contributed by atoms with Crippen LogP contribution in [0.15, 0.2) is 12.1 Å². The van der Waals surface area contributed by atoms with Crippen molar-refractivity contribution in [1.29, 1.82) is 0 Å². The number of carbonyl (C=O) groups is 1. The number of hydrogen-bond donors (Lipinski definition) is 1. The van der Waals surface area contributed by atoms with Gasteiger partial charge in [0.2, 0.25) is 0 Å². The van der Waals surface area contributed by atoms with Crippen LogP contribution in [0.5, 0.6) is 0 Å². The smallest absolute Gasteiger partial charge is 0.410 e. The van der Waals surface area contributed by atoms with Crippen molar-refractivity contribution in [2.24, 2.45) is 0 Å². The van der Waals surface area contributed by atoms with Gasteiger partial charge in [-0.3, -0.25) is 4.90 Å². The minimum absolute atomic E-state index is 0.269. The van der Waals surface area contributed by atoms with Gasteiger partial charge in [0, 0.05) is 18.8 Å². The lowest BCUT2D eigenvalue weighted by Gasteiger charge is -2.24. The molecule has 98 valence electrons. The normalized spacial score (nSPS) is 14.6. The van der Waals surface area contributed by atoms with E-state index in [-0.39, 0.29) is 6.09 Å². The maximum Gasteiger partial charge on any atom is 0.410 e. The second-order valence-electron chi connectivity index (χ2n) is 5.81. The topological polar surface area (TPSA) is 55.6 Å². The molecule has 18 heavy (non-hydrogen) atoms. The second-order valence-corrected chi connectivity index (χ2v) is 5.81. The first-order chi connectivity index (χ1) is 8.26. The minimum atomic E-state index is -0.458. The van der Waals surface area contributed by atoms with E-state index >= 15 is 0 Å². The van der Waals surface area contributed by atoms with Gasteiger partial charge in [-0.15, -0.1) is 0 Å². The van der Waals surface area contributed by atoms with E-state index in [0.717, 1.165) is 22.4 Å². The Morgan fingerprint density at radius 1 is 1.28 bits per heavy atom. The largest absolute Gasteiger partial charge is 0.444 e. The maximum atomic E-state index is 12.0. The number of nitrogens with two attached hydrogens (primary N) is 1. The van der Waals surface area contributed by atoms with E-state index in [2.05, 4.69) is 6.07 Å². The standard InChI is InChI=1S/C14H20N2O2/c1-9-5-10-7-16(8-11(10)6-12(9)15)13(17)18-14(2,3)4/h5-6H,7-8,15H2,1-4H3. The number of rotatable bonds is 0. The van der Waals surface area contributed by atoms with Gasteiger partial charge in [0.25, 0.3) is 0 Å². The molecule has 0 spiro atoms. The lowest BCUT2D eigenvalue weighted by molar-refractivity contribution is 0.0242. The number of nitrogens with zero attached hydrogens (tertiary/aromatic N) is 1. The summed E-state index contributed by atoms with van der Waals surface area (Å²) in [5.74, 6) is 0. The number of carbonyl (C=O) groups excluding carboxylic acids is 1. The molecule has 0 radical (unpaired) electrons. The lowest BCUT2D eigenvalue weighted by atomic mass is 10.1. The first kappa shape index (κ1) is 12.7. The maximum absolute atomic E-state index is 12.0. The molecule has 1 aliphatic rings. The summed E-state index contributed by atoms with van der Waals surface area (Å²) in [4.78, 5) is 13.7. The van der Waals surface area contributed by atoms with Crippen LogP contribution in [0, 0.1) is 6.92 Å². The lowest BCUT2D eigenvalue weighted by Crippen LogP contribution is -2.33. The highest BCUT2D eigenvalue weighted by atomic mass is 16.6. The summed E-state index contributed by atoms with van der Waals surface area (Å²) < 4.78 is 5.37. The van der Waals surface area contributed by atoms with Gasteiger partial charge in [0.15, 0.2) is 0 Å². The Hall–Kier alpha value is -1.71. The van der Waals surface area contributed by atoms with Gasteiger partial charge >= 0.3 is 6.09 Å². The zero-order valence-electron chi connectivity index (χ0n) is 11.4. The van der Waals surface area contributed by atoms with Crippen molar-refractivity contribution in [2.75, 3.05) is 5.73 Å². The summed E-state index contributed by atoms with van der Waals surface area (Å²) >= 11 is 0. The summed E-state index contributed by atoms with van der Waals surface area (Å²) in [5, 5.41) is 0. The predicted octanol–water partition coefficient (Wildman–Crippen LogP) is 2.83. The number of ether oxygens (including phenoxy) is 1. The van der Waals surface area contributed by atoms with Crippen LogP contribution in [0.2, 0.25) is 0 Å². The molecule has 0 unspecified atom stereocenters. The fraction of sp³-hybridized carbons (Fsp3) is 0.500. The van der Waals surface area contributed by atoms with E-state index in [4.69, 9.17) is 10.5 Å². The van der Waals surface area contributed by atoms with E-state index < -0.39 is 5.60 Å². The third kappa shape index (κ3) is 2.58. The Kier molecular flexibility index (Phi) is 2.97. The number of fused-ring (bicyclic) bond motifs is 1. The molecule has 1 aliphatic heterocycles. The molecule has 4 heteroatoms. The number of anilines is 1. The second kappa shape index (κ2) is 4.19. The number of hydrogen-bond acceptors (Lipinski definition) is 3. The molecule has 0 bridgehead atoms. The average Bonchev–Trinajstić information content (AvgIpc) is 2.59. The van der Waals surface area contributed by atoms with Crippen LogP contribution in [0.3, 0.4) is 0 Å². The Labute approximate surface area is 108 Å². The number of nitrogen functional groups attached to an aromatic ring is 1. The van der Waals surface area contributed by atoms with Gasteiger partial charge in [-0.2, -0.15) is 0 Å². The molecule has 0 aromatic heterocycles. The van der Waals surface area contributed by atoms with Gasteiger partial charge in [-0.05, 0) is 50.5 Å². The Morgan fingerprint density at radius 3 is 2.39 bits per heavy atom. The first-order valence-electron chi connectivity index (χ1n) is 6.12. The van der Waals surface area contributed by atoms with Crippen molar-refractivity contribution in [3.05, 3.63) is 28.8 Å². The van der Waals surface area contributed by atoms with Crippen LogP contribution in [0.1, 0.15) is 37.5 Å². The monoisotopic (exact) mass is 248 g/mol. The van der Waals surface area contributed by atoms with E-state index in [1.54, 1.807) is 4.90 Å². The Balaban J connectivity index is 2.13. The summed E-state index contributed by atoms with van der Waals surface area (Å²) in [6, 6.07) is 4.00. The van der Waals surface area contributed by atoms with Gasteiger partial charge < -0.3 is 10.5 Å². The molecule has 0 saturated heterocycles. The molecule has 2 N–H and O–H groups in total. The van der Waals surface area contributed by atoms with Gasteiger partial charge in [0.05, 0.1) is 0 Å². The molecule has 0 fully saturated rings. The summed E-state index contributed by atoms with van der Waals surface area (Å²) in [7, 11) is 0. The van der Waals surface area contributed by atoms with Crippen molar-refractivity contribution in [1.82, 2.24) is 4.90 Å². The SMILES string of the molecule is Cc1cc2c(cc1N)CN(C(=O)OC(C)(C)C)C2. The van der Waals surface area contributed by atoms with Crippen LogP contribution in [0.4, 0.5) is 10.5 Å². The zero-order valence-corrected chi connectivity index (χ0v) is 11.4. The summed E-state index contributed by atoms with van der Waals surface area (Å²) in [6.45, 7) is 8.77. The van der Waals surface area contributed by atoms with Gasteiger partial charge in [0.1, 0.15) is 5.60 Å². The van der Waals surface area contributed by atoms with Gasteiger partial charge in [-0.25, -0.2) is 4.79 Å². The molecular formula is C14H20N2O2. The molecule has 0 atom stereocenters. The van der Waals surface area contributed by atoms with Crippen LogP contribution >= 0.6 is 0 Å². The molecule has 1 amide bonds. The fourth-order valence-corrected chi connectivity index (χ4v) is 2.05. The third-order valence-electron chi connectivity index (χ3n) is 2.96. The molecular weight excluding hydrogens is 228 g/mol. The number of benzene rings is 1. The van der Waals surface area contributed by atoms with Crippen molar-refractivity contribution >= 4 is 11.8 Å². The van der Waals surface area contributed by atoms with E-state index in [0.29, 0.717) is 13.1 Å². The van der Waals surface area contributed by atoms with Crippen molar-refractivity contribution in [3.8, 4) is 0 Å². The quantitative estimate of drug-likeness (QED) is 0.718. The van der Waals surface area contributed by atoms with E-state index in [9.17, 15) is 4.79 Å². The summed E-state index contributed by atoms with van der Waals surface area (Å²) in [5.41, 5.74) is 9.53. The Morgan fingerprint density at radius 2 is 1.83 bits per heavy atom. The number of amides is 1. The van der Waals surface area contributed by atoms with Gasteiger partial charge in [-0.1, -0.05) is 6.07 Å². The molecule has 2 rings (SSSR count). The zero-order chi connectivity index (χ0) is 13.5. The minimum Gasteiger partial charge on any atom is -0.444 e. The van der Waals surface area contributed by atoms with Crippen molar-refractivity contribution < 1.29 is 9.53 Å². The molecule has 1 heterocycles. The highest BCUT2D eigenvalue weighted by Crippen LogP contribution is 2.28. The first-order valence-corrected chi connectivity index (χ1v) is 6.12. The third-order valence-corrected chi connectivity index (χ3v) is 2.96. The summed E-state index contributed by atoms with van der Waals surface area (Å²) in [6.07, 6.45) is -0.269. The molecule has 0 aliphatic carbocycles. The fourth-order valence-electron chi connectivity index (χ4n) is 2.05. The van der Waals surface area contributed by atoms with E-state index in [1.807, 2.05) is 33.8 Å². The molecule has 4 nitrogen and oxygen atoms in total. The average molecular weight is 248 g/mol. The highest BCUT2D eigenvalue weighted by Gasteiger charge is 2.27. The van der Waals surface area contributed by atoms with E-state index in [1.165, 1.54) is 0 Å². The molecule has 0 saturated carbocycles. The predicted molar refractivity (Wildman–Crippen MR) is 71.1 cm³/mol. The molecule has 1 aromatic carbocycles. The Bertz CT molecular complexity index is 458. The highest BCUT2D eigenvalue weighted by molar-refractivity contribution is 5.70. The van der Waals surface area contributed by atoms with Crippen LogP contribution in [0.25, 0.3) is 0 Å². The van der Waals surface area contributed by atoms with Crippen LogP contribution in [-0.2, 0) is 17.8 Å². The van der Waals surface area contributed by atoms with Crippen molar-refractivity contribution in [2.45, 2.75) is 46.4 Å². The van der Waals surface area contributed by atoms with Crippen molar-refractivity contribution in [3.63, 3.8) is 0 Å². The number of aryl methyl sites for hydroxylation is 1. The van der Waals surface area contributed by atoms with Crippen LogP contribution < -0.4 is 5.73 Å². The van der Waals surface area contributed by atoms with Crippen LogP contribution in [-0.4, -0.2) is 16.6 Å². The molecule has 1 aromatic rings.